The van der Waals surface area contributed by atoms with Gasteiger partial charge >= 0.3 is 0 Å². The third kappa shape index (κ3) is 3.86. The Labute approximate surface area is 163 Å². The minimum absolute atomic E-state index is 0.139. The number of amides is 1. The zero-order valence-electron chi connectivity index (χ0n) is 15.7. The molecule has 0 fully saturated rings. The second-order valence-electron chi connectivity index (χ2n) is 7.07. The van der Waals surface area contributed by atoms with Crippen molar-refractivity contribution in [3.63, 3.8) is 0 Å². The van der Waals surface area contributed by atoms with Crippen molar-refractivity contribution in [1.29, 1.82) is 0 Å². The largest absolute Gasteiger partial charge is 0.486 e. The van der Waals surface area contributed by atoms with E-state index in [4.69, 9.17) is 9.47 Å². The van der Waals surface area contributed by atoms with Crippen LogP contribution in [-0.2, 0) is 12.8 Å². The van der Waals surface area contributed by atoms with Crippen molar-refractivity contribution < 1.29 is 14.3 Å². The Kier molecular flexibility index (Phi) is 5.16. The number of thiophene rings is 1. The van der Waals surface area contributed by atoms with Gasteiger partial charge in [0.2, 0.25) is 0 Å². The molecule has 1 aliphatic heterocycles. The molecule has 0 bridgehead atoms. The summed E-state index contributed by atoms with van der Waals surface area (Å²) in [5, 5.41) is 4.28. The number of ether oxygens (including phenoxy) is 2. The van der Waals surface area contributed by atoms with E-state index in [2.05, 4.69) is 17.5 Å². The Morgan fingerprint density at radius 2 is 2.07 bits per heavy atom. The van der Waals surface area contributed by atoms with Crippen LogP contribution in [0.15, 0.2) is 29.4 Å². The number of aryl methyl sites for hydroxylation is 1. The van der Waals surface area contributed by atoms with Gasteiger partial charge in [0.15, 0.2) is 11.5 Å². The molecule has 1 atom stereocenters. The van der Waals surface area contributed by atoms with Crippen molar-refractivity contribution in [3.05, 3.63) is 45.1 Å². The summed E-state index contributed by atoms with van der Waals surface area (Å²) in [6.07, 6.45) is 4.61. The average Bonchev–Trinajstić information content (AvgIpc) is 3.14. The molecule has 2 aromatic rings. The van der Waals surface area contributed by atoms with Crippen molar-refractivity contribution in [2.75, 3.05) is 13.2 Å². The van der Waals surface area contributed by atoms with Gasteiger partial charge < -0.3 is 9.47 Å². The van der Waals surface area contributed by atoms with Gasteiger partial charge in [-0.3, -0.25) is 4.79 Å². The SMILES string of the molecule is CC[C@H]1CCc2sc(C(=O)N/N=C(/C)c3ccc4c(c3)OCCO4)cc2C1. The van der Waals surface area contributed by atoms with Gasteiger partial charge in [0.1, 0.15) is 13.2 Å². The molecule has 1 aromatic carbocycles. The maximum Gasteiger partial charge on any atom is 0.281 e. The van der Waals surface area contributed by atoms with E-state index in [1.807, 2.05) is 31.2 Å². The number of rotatable bonds is 4. The molecular weight excluding hydrogens is 360 g/mol. The highest BCUT2D eigenvalue weighted by Gasteiger charge is 2.22. The summed E-state index contributed by atoms with van der Waals surface area (Å²) >= 11 is 1.60. The monoisotopic (exact) mass is 384 g/mol. The number of benzene rings is 1. The van der Waals surface area contributed by atoms with Crippen LogP contribution in [0.1, 0.15) is 52.4 Å². The molecule has 1 aliphatic carbocycles. The number of hydrazone groups is 1. The van der Waals surface area contributed by atoms with E-state index in [1.165, 1.54) is 23.3 Å². The molecular formula is C21H24N2O3S. The molecule has 1 aromatic heterocycles. The Balaban J connectivity index is 1.45. The van der Waals surface area contributed by atoms with Crippen molar-refractivity contribution in [2.45, 2.75) is 39.5 Å². The molecule has 5 nitrogen and oxygen atoms in total. The lowest BCUT2D eigenvalue weighted by molar-refractivity contribution is 0.0959. The summed E-state index contributed by atoms with van der Waals surface area (Å²) in [6, 6.07) is 7.75. The zero-order chi connectivity index (χ0) is 18.8. The Morgan fingerprint density at radius 1 is 1.26 bits per heavy atom. The van der Waals surface area contributed by atoms with Crippen molar-refractivity contribution in [1.82, 2.24) is 5.43 Å². The van der Waals surface area contributed by atoms with E-state index in [1.54, 1.807) is 11.3 Å². The van der Waals surface area contributed by atoms with E-state index in [9.17, 15) is 4.79 Å². The van der Waals surface area contributed by atoms with Crippen LogP contribution in [0.2, 0.25) is 0 Å². The zero-order valence-corrected chi connectivity index (χ0v) is 16.5. The molecule has 0 saturated carbocycles. The first kappa shape index (κ1) is 18.0. The second kappa shape index (κ2) is 7.72. The highest BCUT2D eigenvalue weighted by molar-refractivity contribution is 7.14. The van der Waals surface area contributed by atoms with Crippen LogP contribution in [0, 0.1) is 5.92 Å². The summed E-state index contributed by atoms with van der Waals surface area (Å²) in [5.74, 6) is 2.07. The minimum Gasteiger partial charge on any atom is -0.486 e. The Hall–Kier alpha value is -2.34. The quantitative estimate of drug-likeness (QED) is 0.635. The smallest absolute Gasteiger partial charge is 0.281 e. The van der Waals surface area contributed by atoms with E-state index in [0.29, 0.717) is 13.2 Å². The maximum absolute atomic E-state index is 12.5. The van der Waals surface area contributed by atoms with Crippen LogP contribution in [0.25, 0.3) is 0 Å². The van der Waals surface area contributed by atoms with E-state index in [-0.39, 0.29) is 5.91 Å². The molecule has 6 heteroatoms. The van der Waals surface area contributed by atoms with Crippen LogP contribution in [0.5, 0.6) is 11.5 Å². The fraction of sp³-hybridized carbons (Fsp3) is 0.429. The van der Waals surface area contributed by atoms with Crippen LogP contribution < -0.4 is 14.9 Å². The first-order chi connectivity index (χ1) is 13.1. The summed E-state index contributed by atoms with van der Waals surface area (Å²) in [5.41, 5.74) is 5.67. The number of hydrogen-bond acceptors (Lipinski definition) is 5. The van der Waals surface area contributed by atoms with Crippen LogP contribution in [0.3, 0.4) is 0 Å². The fourth-order valence-corrected chi connectivity index (χ4v) is 4.68. The predicted molar refractivity (Wildman–Crippen MR) is 107 cm³/mol. The summed E-state index contributed by atoms with van der Waals surface area (Å²) in [7, 11) is 0. The third-order valence-corrected chi connectivity index (χ3v) is 6.51. The lowest BCUT2D eigenvalue weighted by Gasteiger charge is -2.19. The third-order valence-electron chi connectivity index (χ3n) is 5.27. The lowest BCUT2D eigenvalue weighted by atomic mass is 9.87. The average molecular weight is 385 g/mol. The summed E-state index contributed by atoms with van der Waals surface area (Å²) in [4.78, 5) is 14.6. The first-order valence-electron chi connectivity index (χ1n) is 9.50. The highest BCUT2D eigenvalue weighted by Crippen LogP contribution is 2.33. The fourth-order valence-electron chi connectivity index (χ4n) is 3.58. The highest BCUT2D eigenvalue weighted by atomic mass is 32.1. The number of fused-ring (bicyclic) bond motifs is 2. The molecule has 1 amide bonds. The molecule has 0 saturated heterocycles. The number of carbonyl (C=O) groups is 1. The lowest BCUT2D eigenvalue weighted by Crippen LogP contribution is -2.19. The van der Waals surface area contributed by atoms with E-state index >= 15 is 0 Å². The molecule has 0 radical (unpaired) electrons. The van der Waals surface area contributed by atoms with Gasteiger partial charge in [0, 0.05) is 10.4 Å². The molecule has 2 heterocycles. The molecule has 27 heavy (non-hydrogen) atoms. The van der Waals surface area contributed by atoms with Gasteiger partial charge in [-0.05, 0) is 61.9 Å². The number of hydrogen-bond donors (Lipinski definition) is 1. The first-order valence-corrected chi connectivity index (χ1v) is 10.3. The van der Waals surface area contributed by atoms with Gasteiger partial charge in [-0.2, -0.15) is 5.10 Å². The maximum atomic E-state index is 12.5. The van der Waals surface area contributed by atoms with Crippen LogP contribution in [-0.4, -0.2) is 24.8 Å². The summed E-state index contributed by atoms with van der Waals surface area (Å²) < 4.78 is 11.1. The van der Waals surface area contributed by atoms with Crippen molar-refractivity contribution in [3.8, 4) is 11.5 Å². The van der Waals surface area contributed by atoms with Gasteiger partial charge in [-0.25, -0.2) is 5.43 Å². The molecule has 0 spiro atoms. The molecule has 2 aliphatic rings. The van der Waals surface area contributed by atoms with Gasteiger partial charge in [0.25, 0.3) is 5.91 Å². The Morgan fingerprint density at radius 3 is 2.89 bits per heavy atom. The van der Waals surface area contributed by atoms with Gasteiger partial charge in [-0.1, -0.05) is 13.3 Å². The van der Waals surface area contributed by atoms with Crippen molar-refractivity contribution >= 4 is 23.0 Å². The van der Waals surface area contributed by atoms with E-state index < -0.39 is 0 Å². The Bertz CT molecular complexity index is 888. The molecule has 0 unspecified atom stereocenters. The molecule has 1 N–H and O–H groups in total. The van der Waals surface area contributed by atoms with Gasteiger partial charge in [0.05, 0.1) is 10.6 Å². The standard InChI is InChI=1S/C21H24N2O3S/c1-3-14-4-7-19-16(10-14)12-20(27-19)21(24)23-22-13(2)15-5-6-17-18(11-15)26-9-8-25-17/h5-6,11-12,14H,3-4,7-10H2,1-2H3,(H,23,24)/b22-13-/t14-/m0/s1. The minimum atomic E-state index is -0.139. The number of carbonyl (C=O) groups excluding carboxylic acids is 1. The predicted octanol–water partition coefficient (Wildman–Crippen LogP) is 4.19. The number of nitrogens with zero attached hydrogens (tertiary/aromatic N) is 1. The van der Waals surface area contributed by atoms with Crippen LogP contribution in [0.4, 0.5) is 0 Å². The van der Waals surface area contributed by atoms with Gasteiger partial charge in [-0.15, -0.1) is 11.3 Å². The second-order valence-corrected chi connectivity index (χ2v) is 8.21. The summed E-state index contributed by atoms with van der Waals surface area (Å²) in [6.45, 7) is 5.23. The topological polar surface area (TPSA) is 59.9 Å². The molecule has 4 rings (SSSR count). The van der Waals surface area contributed by atoms with E-state index in [0.717, 1.165) is 46.4 Å². The van der Waals surface area contributed by atoms with Crippen LogP contribution >= 0.6 is 11.3 Å². The number of nitrogens with one attached hydrogen (secondary N) is 1. The normalized spacial score (nSPS) is 18.7. The van der Waals surface area contributed by atoms with Crippen molar-refractivity contribution in [2.24, 2.45) is 11.0 Å². The molecule has 142 valence electrons.